The Morgan fingerprint density at radius 1 is 1.35 bits per heavy atom. The Balaban J connectivity index is 4.08. The molecule has 0 bridgehead atoms. The number of aliphatic imine (C=N–C) groups is 1. The Kier molecular flexibility index (Phi) is 9.14. The van der Waals surface area contributed by atoms with Crippen LogP contribution in [-0.2, 0) is 4.79 Å². The molecule has 0 aliphatic carbocycles. The summed E-state index contributed by atoms with van der Waals surface area (Å²) in [6.45, 7) is 7.27. The Morgan fingerprint density at radius 3 is 2.59 bits per heavy atom. The van der Waals surface area contributed by atoms with Crippen molar-refractivity contribution in [2.45, 2.75) is 46.1 Å². The largest absolute Gasteiger partial charge is 0.354 e. The number of hydrogen-bond acceptors (Lipinski definition) is 3. The maximum Gasteiger partial charge on any atom is 0.242 e. The number of nitrogens with one attached hydrogen (secondary N) is 3. The predicted octanol–water partition coefficient (Wildman–Crippen LogP) is 0.110. The molecule has 0 aromatic heterocycles. The highest BCUT2D eigenvalue weighted by Gasteiger charge is 2.12. The minimum absolute atomic E-state index is 0.0507. The van der Waals surface area contributed by atoms with E-state index in [1.165, 1.54) is 0 Å². The van der Waals surface area contributed by atoms with E-state index in [9.17, 15) is 4.79 Å². The van der Waals surface area contributed by atoms with Gasteiger partial charge in [0.25, 0.3) is 0 Å². The van der Waals surface area contributed by atoms with Crippen LogP contribution >= 0.6 is 0 Å². The van der Waals surface area contributed by atoms with Crippen LogP contribution in [0.1, 0.15) is 40.0 Å². The van der Waals surface area contributed by atoms with Crippen LogP contribution in [-0.4, -0.2) is 31.0 Å². The van der Waals surface area contributed by atoms with Gasteiger partial charge >= 0.3 is 0 Å². The summed E-state index contributed by atoms with van der Waals surface area (Å²) in [6.07, 6.45) is 3.00. The molecule has 100 valence electrons. The van der Waals surface area contributed by atoms with E-state index in [-0.39, 0.29) is 11.9 Å². The first-order valence-electron chi connectivity index (χ1n) is 6.21. The summed E-state index contributed by atoms with van der Waals surface area (Å²) >= 11 is 0. The van der Waals surface area contributed by atoms with Crippen molar-refractivity contribution >= 4 is 11.9 Å². The number of hydrazine groups is 1. The van der Waals surface area contributed by atoms with Crippen molar-refractivity contribution in [2.75, 3.05) is 13.1 Å². The van der Waals surface area contributed by atoms with Crippen LogP contribution in [0.2, 0.25) is 0 Å². The van der Waals surface area contributed by atoms with Gasteiger partial charge in [0.1, 0.15) is 6.04 Å². The highest BCUT2D eigenvalue weighted by atomic mass is 16.2. The molecule has 0 aromatic rings. The summed E-state index contributed by atoms with van der Waals surface area (Å²) in [5.41, 5.74) is 2.46. The van der Waals surface area contributed by atoms with Crippen molar-refractivity contribution in [1.82, 2.24) is 16.1 Å². The molecule has 1 amide bonds. The molecular formula is C11H25N5O. The van der Waals surface area contributed by atoms with Gasteiger partial charge in [-0.3, -0.25) is 15.2 Å². The molecule has 0 spiro atoms. The molecule has 6 heteroatoms. The van der Waals surface area contributed by atoms with Crippen LogP contribution < -0.4 is 21.9 Å². The second kappa shape index (κ2) is 9.89. The Morgan fingerprint density at radius 2 is 2.06 bits per heavy atom. The lowest BCUT2D eigenvalue weighted by atomic mass is 10.3. The molecule has 0 saturated heterocycles. The van der Waals surface area contributed by atoms with Crippen molar-refractivity contribution in [3.05, 3.63) is 0 Å². The van der Waals surface area contributed by atoms with Crippen molar-refractivity contribution in [1.29, 1.82) is 0 Å². The molecule has 0 saturated carbocycles. The molecule has 1 atom stereocenters. The average Bonchev–Trinajstić information content (AvgIpc) is 2.34. The second-order valence-electron chi connectivity index (χ2n) is 3.89. The van der Waals surface area contributed by atoms with Crippen LogP contribution in [0, 0.1) is 0 Å². The highest BCUT2D eigenvalue weighted by Crippen LogP contribution is 1.88. The number of carbonyl (C=O) groups excluding carboxylic acids is 1. The van der Waals surface area contributed by atoms with Crippen molar-refractivity contribution in [2.24, 2.45) is 10.8 Å². The fraction of sp³-hybridized carbons (Fsp3) is 0.818. The van der Waals surface area contributed by atoms with Gasteiger partial charge in [-0.1, -0.05) is 20.3 Å². The zero-order valence-electron chi connectivity index (χ0n) is 11.0. The quantitative estimate of drug-likeness (QED) is 0.168. The van der Waals surface area contributed by atoms with E-state index < -0.39 is 0 Å². The number of rotatable bonds is 7. The number of hydrogen-bond donors (Lipinski definition) is 4. The topological polar surface area (TPSA) is 91.5 Å². The van der Waals surface area contributed by atoms with Gasteiger partial charge < -0.3 is 10.6 Å². The van der Waals surface area contributed by atoms with Gasteiger partial charge in [0.05, 0.1) is 0 Å². The summed E-state index contributed by atoms with van der Waals surface area (Å²) in [5.74, 6) is 5.73. The summed E-state index contributed by atoms with van der Waals surface area (Å²) in [5, 5.41) is 5.74. The summed E-state index contributed by atoms with van der Waals surface area (Å²) < 4.78 is 0. The summed E-state index contributed by atoms with van der Waals surface area (Å²) in [4.78, 5) is 15.8. The summed E-state index contributed by atoms with van der Waals surface area (Å²) in [7, 11) is 0. The lowest BCUT2D eigenvalue weighted by Gasteiger charge is -2.16. The monoisotopic (exact) mass is 243 g/mol. The molecule has 0 aliphatic rings. The highest BCUT2D eigenvalue weighted by molar-refractivity contribution is 5.88. The lowest BCUT2D eigenvalue weighted by molar-refractivity contribution is -0.122. The first-order valence-corrected chi connectivity index (χ1v) is 6.21. The van der Waals surface area contributed by atoms with Gasteiger partial charge in [0, 0.05) is 13.1 Å². The van der Waals surface area contributed by atoms with Gasteiger partial charge in [0.15, 0.2) is 0 Å². The van der Waals surface area contributed by atoms with Crippen molar-refractivity contribution in [3.63, 3.8) is 0 Å². The molecule has 1 unspecified atom stereocenters. The molecule has 5 N–H and O–H groups in total. The number of unbranched alkanes of at least 4 members (excludes halogenated alkanes) is 1. The van der Waals surface area contributed by atoms with Gasteiger partial charge in [-0.2, -0.15) is 0 Å². The van der Waals surface area contributed by atoms with E-state index >= 15 is 0 Å². The van der Waals surface area contributed by atoms with Gasteiger partial charge in [-0.05, 0) is 19.8 Å². The van der Waals surface area contributed by atoms with Crippen molar-refractivity contribution < 1.29 is 4.79 Å². The molecular weight excluding hydrogens is 218 g/mol. The van der Waals surface area contributed by atoms with E-state index in [1.807, 2.05) is 6.92 Å². The van der Waals surface area contributed by atoms with E-state index in [2.05, 4.69) is 28.0 Å². The minimum Gasteiger partial charge on any atom is -0.354 e. The Hall–Kier alpha value is -1.30. The molecule has 0 fully saturated rings. The Bertz CT molecular complexity index is 242. The second-order valence-corrected chi connectivity index (χ2v) is 3.89. The van der Waals surface area contributed by atoms with E-state index in [0.29, 0.717) is 19.0 Å². The molecule has 0 radical (unpaired) electrons. The zero-order valence-corrected chi connectivity index (χ0v) is 11.0. The first-order chi connectivity index (χ1) is 8.15. The Labute approximate surface area is 103 Å². The van der Waals surface area contributed by atoms with Crippen molar-refractivity contribution in [3.8, 4) is 0 Å². The van der Waals surface area contributed by atoms with E-state index in [4.69, 9.17) is 5.84 Å². The smallest absolute Gasteiger partial charge is 0.242 e. The fourth-order valence-electron chi connectivity index (χ4n) is 1.15. The van der Waals surface area contributed by atoms with Crippen LogP contribution in [0.5, 0.6) is 0 Å². The summed E-state index contributed by atoms with van der Waals surface area (Å²) in [6, 6.07) is -0.349. The molecule has 0 heterocycles. The zero-order chi connectivity index (χ0) is 13.1. The predicted molar refractivity (Wildman–Crippen MR) is 70.4 cm³/mol. The molecule has 17 heavy (non-hydrogen) atoms. The van der Waals surface area contributed by atoms with E-state index in [1.54, 1.807) is 6.92 Å². The average molecular weight is 243 g/mol. The lowest BCUT2D eigenvalue weighted by Crippen LogP contribution is -2.51. The third-order valence-electron chi connectivity index (χ3n) is 2.21. The van der Waals surface area contributed by atoms with Crippen LogP contribution in [0.3, 0.4) is 0 Å². The maximum atomic E-state index is 11.6. The molecule has 6 nitrogen and oxygen atoms in total. The van der Waals surface area contributed by atoms with Crippen LogP contribution in [0.25, 0.3) is 0 Å². The number of nitrogens with two attached hydrogens (primary N) is 1. The van der Waals surface area contributed by atoms with Gasteiger partial charge in [0.2, 0.25) is 11.9 Å². The standard InChI is InChI=1S/C11H25N5O/c1-4-6-8-14-11(16-12)15-9(3)10(17)13-7-5-2/h9H,4-8,12H2,1-3H3,(H,13,17)(H2,14,15,16). The number of nitrogens with zero attached hydrogens (tertiary/aromatic N) is 1. The fourth-order valence-corrected chi connectivity index (χ4v) is 1.15. The van der Waals surface area contributed by atoms with Crippen LogP contribution in [0.4, 0.5) is 0 Å². The molecule has 0 aromatic carbocycles. The number of carbonyl (C=O) groups is 1. The van der Waals surface area contributed by atoms with Gasteiger partial charge in [-0.15, -0.1) is 0 Å². The third-order valence-corrected chi connectivity index (χ3v) is 2.21. The number of amides is 1. The molecule has 0 rings (SSSR count). The SMILES string of the molecule is CCCCN=C(NN)NC(C)C(=O)NCCC. The normalized spacial score (nSPS) is 13.1. The first kappa shape index (κ1) is 15.7. The number of guanidine groups is 1. The maximum absolute atomic E-state index is 11.6. The third kappa shape index (κ3) is 7.57. The van der Waals surface area contributed by atoms with Crippen LogP contribution in [0.15, 0.2) is 4.99 Å². The van der Waals surface area contributed by atoms with Gasteiger partial charge in [-0.25, -0.2) is 5.84 Å². The van der Waals surface area contributed by atoms with E-state index in [0.717, 1.165) is 19.3 Å². The minimum atomic E-state index is -0.349. The molecule has 0 aliphatic heterocycles.